The van der Waals surface area contributed by atoms with Crippen LogP contribution in [0.15, 0.2) is 23.3 Å². The molecule has 0 aliphatic heterocycles. The number of rotatable bonds is 5. The van der Waals surface area contributed by atoms with Gasteiger partial charge < -0.3 is 10.3 Å². The first kappa shape index (κ1) is 15.0. The number of hydrogen-bond donors (Lipinski definition) is 2. The molecule has 2 amide bonds. The number of hydrazone groups is 1. The smallest absolute Gasteiger partial charge is 0.307 e. The van der Waals surface area contributed by atoms with Crippen LogP contribution in [-0.2, 0) is 12.8 Å². The van der Waals surface area contributed by atoms with Gasteiger partial charge in [0.25, 0.3) is 0 Å². The molecule has 0 aliphatic rings. The topological polar surface area (TPSA) is 56.7 Å². The molecule has 1 aromatic rings. The molecule has 0 fully saturated rings. The van der Waals surface area contributed by atoms with Crippen LogP contribution in [0.1, 0.15) is 25.0 Å². The van der Waals surface area contributed by atoms with E-state index in [0.29, 0.717) is 0 Å². The Balaban J connectivity index is 2.78. The molecule has 104 valence electrons. The number of anilines is 1. The molecule has 0 atom stereocenters. The van der Waals surface area contributed by atoms with Gasteiger partial charge in [0.05, 0.1) is 0 Å². The van der Waals surface area contributed by atoms with E-state index in [2.05, 4.69) is 29.6 Å². The van der Waals surface area contributed by atoms with Crippen molar-refractivity contribution in [2.24, 2.45) is 5.10 Å². The molecule has 0 heterocycles. The highest BCUT2D eigenvalue weighted by Crippen LogP contribution is 2.22. The van der Waals surface area contributed by atoms with E-state index >= 15 is 0 Å². The Hall–Kier alpha value is -2.04. The van der Waals surface area contributed by atoms with Gasteiger partial charge in [-0.05, 0) is 24.0 Å². The largest absolute Gasteiger partial charge is 0.324 e. The fraction of sp³-hybridized carbons (Fsp3) is 0.429. The molecule has 0 unspecified atom stereocenters. The minimum absolute atomic E-state index is 0.277. The molecule has 5 nitrogen and oxygen atoms in total. The number of carbonyl (C=O) groups excluding carboxylic acids is 1. The van der Waals surface area contributed by atoms with E-state index in [-0.39, 0.29) is 6.03 Å². The number of hydrogen-bond acceptors (Lipinski definition) is 3. The SMILES string of the molecule is CCc1cccc(CC)c1NC(=O)NC=NN(C)C. The van der Waals surface area contributed by atoms with Crippen molar-refractivity contribution in [2.45, 2.75) is 26.7 Å². The Kier molecular flexibility index (Phi) is 5.85. The minimum atomic E-state index is -0.277. The lowest BCUT2D eigenvalue weighted by atomic mass is 10.0. The monoisotopic (exact) mass is 262 g/mol. The average Bonchev–Trinajstić information content (AvgIpc) is 2.38. The molecule has 0 radical (unpaired) electrons. The first-order chi connectivity index (χ1) is 9.08. The normalized spacial score (nSPS) is 10.5. The summed E-state index contributed by atoms with van der Waals surface area (Å²) in [5.74, 6) is 0. The lowest BCUT2D eigenvalue weighted by molar-refractivity contribution is 0.256. The summed E-state index contributed by atoms with van der Waals surface area (Å²) in [6.45, 7) is 4.15. The number of urea groups is 1. The highest BCUT2D eigenvalue weighted by atomic mass is 16.2. The van der Waals surface area contributed by atoms with Crippen molar-refractivity contribution in [1.82, 2.24) is 10.3 Å². The second-order valence-corrected chi connectivity index (χ2v) is 4.35. The van der Waals surface area contributed by atoms with Crippen LogP contribution in [-0.4, -0.2) is 31.5 Å². The molecule has 0 bridgehead atoms. The first-order valence-electron chi connectivity index (χ1n) is 6.46. The van der Waals surface area contributed by atoms with Crippen LogP contribution >= 0.6 is 0 Å². The maximum Gasteiger partial charge on any atom is 0.324 e. The number of amides is 2. The molecule has 0 saturated heterocycles. The summed E-state index contributed by atoms with van der Waals surface area (Å²) < 4.78 is 0. The van der Waals surface area contributed by atoms with Crippen LogP contribution in [0.3, 0.4) is 0 Å². The molecule has 19 heavy (non-hydrogen) atoms. The molecule has 0 aromatic heterocycles. The van der Waals surface area contributed by atoms with E-state index in [9.17, 15) is 4.79 Å². The van der Waals surface area contributed by atoms with Crippen LogP contribution in [0.4, 0.5) is 10.5 Å². The number of aryl methyl sites for hydroxylation is 2. The standard InChI is InChI=1S/C14H22N4O/c1-5-11-8-7-9-12(6-2)13(11)17-14(19)15-10-16-18(3)4/h7-10H,5-6H2,1-4H3,(H2,15,16,17,19). The zero-order valence-corrected chi connectivity index (χ0v) is 12.0. The Morgan fingerprint density at radius 2 is 1.84 bits per heavy atom. The second kappa shape index (κ2) is 7.41. The highest BCUT2D eigenvalue weighted by Gasteiger charge is 2.08. The highest BCUT2D eigenvalue weighted by molar-refractivity contribution is 5.97. The number of nitrogens with one attached hydrogen (secondary N) is 2. The van der Waals surface area contributed by atoms with Crippen LogP contribution < -0.4 is 10.6 Å². The Bertz CT molecular complexity index is 433. The molecular weight excluding hydrogens is 240 g/mol. The zero-order chi connectivity index (χ0) is 14.3. The van der Waals surface area contributed by atoms with E-state index in [0.717, 1.165) is 29.7 Å². The Morgan fingerprint density at radius 1 is 1.26 bits per heavy atom. The van der Waals surface area contributed by atoms with Crippen molar-refractivity contribution in [3.8, 4) is 0 Å². The van der Waals surface area contributed by atoms with Gasteiger partial charge in [0.2, 0.25) is 0 Å². The van der Waals surface area contributed by atoms with Crippen LogP contribution in [0.5, 0.6) is 0 Å². The summed E-state index contributed by atoms with van der Waals surface area (Å²) in [6.07, 6.45) is 3.14. The molecule has 1 rings (SSSR count). The number of nitrogens with zero attached hydrogens (tertiary/aromatic N) is 2. The van der Waals surface area contributed by atoms with Crippen molar-refractivity contribution >= 4 is 18.1 Å². The first-order valence-corrected chi connectivity index (χ1v) is 6.46. The third-order valence-corrected chi connectivity index (χ3v) is 2.72. The van der Waals surface area contributed by atoms with Crippen molar-refractivity contribution < 1.29 is 4.79 Å². The zero-order valence-electron chi connectivity index (χ0n) is 12.0. The molecule has 2 N–H and O–H groups in total. The van der Waals surface area contributed by atoms with E-state index in [1.54, 1.807) is 19.1 Å². The van der Waals surface area contributed by atoms with Gasteiger partial charge in [-0.15, -0.1) is 0 Å². The quantitative estimate of drug-likeness (QED) is 0.486. The molecule has 0 spiro atoms. The lowest BCUT2D eigenvalue weighted by Crippen LogP contribution is -2.29. The molecule has 1 aromatic carbocycles. The molecule has 0 aliphatic carbocycles. The van der Waals surface area contributed by atoms with E-state index in [1.165, 1.54) is 6.34 Å². The second-order valence-electron chi connectivity index (χ2n) is 4.35. The minimum Gasteiger partial charge on any atom is -0.307 e. The third-order valence-electron chi connectivity index (χ3n) is 2.72. The third kappa shape index (κ3) is 4.62. The van der Waals surface area contributed by atoms with Crippen molar-refractivity contribution in [1.29, 1.82) is 0 Å². The summed E-state index contributed by atoms with van der Waals surface area (Å²) in [4.78, 5) is 11.8. The van der Waals surface area contributed by atoms with E-state index in [4.69, 9.17) is 0 Å². The fourth-order valence-electron chi connectivity index (χ4n) is 1.76. The Labute approximate surface area is 114 Å². The van der Waals surface area contributed by atoms with Gasteiger partial charge in [-0.3, -0.25) is 5.32 Å². The predicted molar refractivity (Wildman–Crippen MR) is 79.5 cm³/mol. The Morgan fingerprint density at radius 3 is 2.32 bits per heavy atom. The molecule has 5 heteroatoms. The van der Waals surface area contributed by atoms with Gasteiger partial charge in [-0.25, -0.2) is 4.79 Å². The van der Waals surface area contributed by atoms with Crippen molar-refractivity contribution in [3.05, 3.63) is 29.3 Å². The van der Waals surface area contributed by atoms with Gasteiger partial charge >= 0.3 is 6.03 Å². The molecule has 0 saturated carbocycles. The maximum atomic E-state index is 11.8. The predicted octanol–water partition coefficient (Wildman–Crippen LogP) is 2.44. The van der Waals surface area contributed by atoms with Gasteiger partial charge in [0.1, 0.15) is 6.34 Å². The van der Waals surface area contributed by atoms with Crippen LogP contribution in [0.2, 0.25) is 0 Å². The van der Waals surface area contributed by atoms with Gasteiger partial charge in [0.15, 0.2) is 0 Å². The van der Waals surface area contributed by atoms with E-state index < -0.39 is 0 Å². The maximum absolute atomic E-state index is 11.8. The lowest BCUT2D eigenvalue weighted by Gasteiger charge is -2.14. The summed E-state index contributed by atoms with van der Waals surface area (Å²) in [6, 6.07) is 5.81. The van der Waals surface area contributed by atoms with Crippen molar-refractivity contribution in [2.75, 3.05) is 19.4 Å². The van der Waals surface area contributed by atoms with Crippen molar-refractivity contribution in [3.63, 3.8) is 0 Å². The summed E-state index contributed by atoms with van der Waals surface area (Å²) in [7, 11) is 3.58. The van der Waals surface area contributed by atoms with Gasteiger partial charge in [-0.1, -0.05) is 32.0 Å². The van der Waals surface area contributed by atoms with Crippen LogP contribution in [0.25, 0.3) is 0 Å². The fourth-order valence-corrected chi connectivity index (χ4v) is 1.76. The number of benzene rings is 1. The molecular formula is C14H22N4O. The average molecular weight is 262 g/mol. The van der Waals surface area contributed by atoms with E-state index in [1.807, 2.05) is 18.2 Å². The summed E-state index contributed by atoms with van der Waals surface area (Å²) >= 11 is 0. The number of para-hydroxylation sites is 1. The summed E-state index contributed by atoms with van der Waals surface area (Å²) in [5.41, 5.74) is 3.18. The summed E-state index contributed by atoms with van der Waals surface area (Å²) in [5, 5.41) is 11.0. The number of carbonyl (C=O) groups is 1. The van der Waals surface area contributed by atoms with Gasteiger partial charge in [0, 0.05) is 19.8 Å². The van der Waals surface area contributed by atoms with Crippen LogP contribution in [0, 0.1) is 0 Å². The van der Waals surface area contributed by atoms with Gasteiger partial charge in [-0.2, -0.15) is 5.10 Å².